The largest absolute Gasteiger partial charge is 0.478 e. The highest BCUT2D eigenvalue weighted by Crippen LogP contribution is 2.49. The molecule has 4 atom stereocenters. The molecule has 1 saturated carbocycles. The molecule has 1 amide bonds. The Bertz CT molecular complexity index is 1280. The van der Waals surface area contributed by atoms with Crippen molar-refractivity contribution < 1.29 is 32.6 Å². The summed E-state index contributed by atoms with van der Waals surface area (Å²) in [4.78, 5) is 29.5. The van der Waals surface area contributed by atoms with Gasteiger partial charge in [-0.25, -0.2) is 4.79 Å². The van der Waals surface area contributed by atoms with Crippen molar-refractivity contribution in [2.45, 2.75) is 71.1 Å². The lowest BCUT2D eigenvalue weighted by Crippen LogP contribution is -2.49. The van der Waals surface area contributed by atoms with Gasteiger partial charge in [0.25, 0.3) is 0 Å². The second-order valence-corrected chi connectivity index (χ2v) is 12.1. The van der Waals surface area contributed by atoms with Crippen LogP contribution in [0.2, 0.25) is 0 Å². The van der Waals surface area contributed by atoms with Gasteiger partial charge in [0, 0.05) is 18.2 Å². The molecule has 2 heterocycles. The standard InChI is InChI=1S/C31H37F3N2O4/c1-19(2)30(29(39)36-17-23-14-24(31(32,33)34)7-8-27(23)40-18-36)11-9-25(15-30)35-12-10-26(20(3)16-35)21-5-4-6-22(13-21)28(37)38/h4-8,13-14,19-20,25-26H,9-12,15-18H2,1-3H3,(H,37,38)/t20?,25-,26?,30+/m1/s1. The van der Waals surface area contributed by atoms with E-state index >= 15 is 0 Å². The maximum absolute atomic E-state index is 14.0. The van der Waals surface area contributed by atoms with E-state index in [2.05, 4.69) is 25.7 Å². The van der Waals surface area contributed by atoms with E-state index in [1.54, 1.807) is 17.0 Å². The number of amides is 1. The normalized spacial score (nSPS) is 27.4. The van der Waals surface area contributed by atoms with E-state index in [4.69, 9.17) is 4.74 Å². The van der Waals surface area contributed by atoms with Crippen molar-refractivity contribution in [3.05, 3.63) is 64.7 Å². The topological polar surface area (TPSA) is 70.1 Å². The van der Waals surface area contributed by atoms with Gasteiger partial charge in [-0.2, -0.15) is 13.2 Å². The van der Waals surface area contributed by atoms with Crippen molar-refractivity contribution in [3.63, 3.8) is 0 Å². The van der Waals surface area contributed by atoms with E-state index in [0.717, 1.165) is 50.0 Å². The maximum atomic E-state index is 14.0. The Hall–Kier alpha value is -3.07. The van der Waals surface area contributed by atoms with Crippen molar-refractivity contribution >= 4 is 11.9 Å². The summed E-state index contributed by atoms with van der Waals surface area (Å²) in [7, 11) is 0. The molecule has 6 nitrogen and oxygen atoms in total. The first kappa shape index (κ1) is 28.5. The minimum Gasteiger partial charge on any atom is -0.478 e. The summed E-state index contributed by atoms with van der Waals surface area (Å²) in [5.74, 6) is 0.114. The van der Waals surface area contributed by atoms with Gasteiger partial charge in [-0.15, -0.1) is 0 Å². The molecule has 2 aliphatic heterocycles. The lowest BCUT2D eigenvalue weighted by atomic mass is 9.74. The minimum atomic E-state index is -4.46. The number of carboxylic acids is 1. The number of carboxylic acid groups (broad SMARTS) is 1. The van der Waals surface area contributed by atoms with Crippen LogP contribution in [0.15, 0.2) is 42.5 Å². The summed E-state index contributed by atoms with van der Waals surface area (Å²) in [6, 6.07) is 10.9. The number of carbonyl (C=O) groups excluding carboxylic acids is 1. The summed E-state index contributed by atoms with van der Waals surface area (Å²) >= 11 is 0. The van der Waals surface area contributed by atoms with E-state index < -0.39 is 23.1 Å². The molecule has 3 aliphatic rings. The summed E-state index contributed by atoms with van der Waals surface area (Å²) in [6.45, 7) is 8.21. The van der Waals surface area contributed by atoms with Crippen molar-refractivity contribution in [2.24, 2.45) is 17.3 Å². The van der Waals surface area contributed by atoms with Crippen molar-refractivity contribution in [1.82, 2.24) is 9.80 Å². The van der Waals surface area contributed by atoms with Crippen LogP contribution in [0, 0.1) is 17.3 Å². The van der Waals surface area contributed by atoms with Gasteiger partial charge in [-0.3, -0.25) is 4.79 Å². The highest BCUT2D eigenvalue weighted by Gasteiger charge is 2.51. The number of hydrogen-bond donors (Lipinski definition) is 1. The number of alkyl halides is 3. The Balaban J connectivity index is 1.28. The molecule has 0 radical (unpaired) electrons. The third kappa shape index (κ3) is 5.32. The predicted octanol–water partition coefficient (Wildman–Crippen LogP) is 6.40. The first-order valence-corrected chi connectivity index (χ1v) is 14.1. The summed E-state index contributed by atoms with van der Waals surface area (Å²) < 4.78 is 45.6. The van der Waals surface area contributed by atoms with Crippen LogP contribution in [0.1, 0.15) is 79.4 Å². The Morgan fingerprint density at radius 2 is 1.90 bits per heavy atom. The number of rotatable bonds is 5. The van der Waals surface area contributed by atoms with E-state index in [-0.39, 0.29) is 37.1 Å². The third-order valence-corrected chi connectivity index (χ3v) is 9.48. The van der Waals surface area contributed by atoms with Gasteiger partial charge in [-0.1, -0.05) is 32.9 Å². The maximum Gasteiger partial charge on any atom is 0.416 e. The van der Waals surface area contributed by atoms with Gasteiger partial charge in [-0.05, 0) is 85.9 Å². The molecule has 216 valence electrons. The summed E-state index contributed by atoms with van der Waals surface area (Å²) in [6.07, 6.45) is -1.21. The number of benzene rings is 2. The zero-order valence-electron chi connectivity index (χ0n) is 23.2. The number of carbonyl (C=O) groups is 2. The van der Waals surface area contributed by atoms with Gasteiger partial charge in [0.1, 0.15) is 5.75 Å². The highest BCUT2D eigenvalue weighted by atomic mass is 19.4. The molecule has 0 bridgehead atoms. The smallest absolute Gasteiger partial charge is 0.416 e. The second kappa shape index (κ2) is 10.7. The van der Waals surface area contributed by atoms with Gasteiger partial charge in [0.2, 0.25) is 5.91 Å². The fourth-order valence-electron chi connectivity index (χ4n) is 7.10. The number of nitrogens with zero attached hydrogens (tertiary/aromatic N) is 2. The zero-order chi connectivity index (χ0) is 28.8. The van der Waals surface area contributed by atoms with Gasteiger partial charge >= 0.3 is 12.1 Å². The number of piperidine rings is 1. The van der Waals surface area contributed by atoms with Crippen LogP contribution >= 0.6 is 0 Å². The number of halogens is 3. The molecule has 5 rings (SSSR count). The fraction of sp³-hybridized carbons (Fsp3) is 0.548. The molecule has 40 heavy (non-hydrogen) atoms. The molecule has 2 aromatic carbocycles. The van der Waals surface area contributed by atoms with Crippen LogP contribution in [-0.4, -0.2) is 52.6 Å². The molecular weight excluding hydrogens is 521 g/mol. The Kier molecular flexibility index (Phi) is 7.63. The first-order valence-electron chi connectivity index (χ1n) is 14.1. The zero-order valence-corrected chi connectivity index (χ0v) is 23.2. The first-order chi connectivity index (χ1) is 18.9. The number of aromatic carboxylic acids is 1. The Morgan fingerprint density at radius 1 is 1.12 bits per heavy atom. The van der Waals surface area contributed by atoms with E-state index in [1.165, 1.54) is 6.07 Å². The molecule has 1 aliphatic carbocycles. The van der Waals surface area contributed by atoms with Crippen molar-refractivity contribution in [1.29, 1.82) is 0 Å². The molecule has 9 heteroatoms. The Morgan fingerprint density at radius 3 is 2.58 bits per heavy atom. The monoisotopic (exact) mass is 558 g/mol. The summed E-state index contributed by atoms with van der Waals surface area (Å²) in [5, 5.41) is 9.39. The second-order valence-electron chi connectivity index (χ2n) is 12.1. The lowest BCUT2D eigenvalue weighted by Gasteiger charge is -2.42. The van der Waals surface area contributed by atoms with Gasteiger partial charge in [0.05, 0.1) is 23.1 Å². The number of fused-ring (bicyclic) bond motifs is 1. The Labute approximate surface area is 233 Å². The van der Waals surface area contributed by atoms with Crippen molar-refractivity contribution in [2.75, 3.05) is 19.8 Å². The molecule has 0 aromatic heterocycles. The SMILES string of the molecule is CC1CN([C@@H]2CC[C@@](C(=O)N3COc4ccc(C(F)(F)F)cc4C3)(C(C)C)C2)CCC1c1cccc(C(=O)O)c1. The van der Waals surface area contributed by atoms with Crippen LogP contribution in [-0.2, 0) is 17.5 Å². The van der Waals surface area contributed by atoms with E-state index in [9.17, 15) is 27.9 Å². The van der Waals surface area contributed by atoms with Crippen LogP contribution in [0.3, 0.4) is 0 Å². The molecule has 2 aromatic rings. The number of hydrogen-bond acceptors (Lipinski definition) is 4. The third-order valence-electron chi connectivity index (χ3n) is 9.48. The van der Waals surface area contributed by atoms with Gasteiger partial charge < -0.3 is 19.6 Å². The van der Waals surface area contributed by atoms with E-state index in [1.807, 2.05) is 12.1 Å². The van der Waals surface area contributed by atoms with Crippen LogP contribution < -0.4 is 4.74 Å². The molecule has 2 unspecified atom stereocenters. The number of ether oxygens (including phenoxy) is 1. The van der Waals surface area contributed by atoms with Gasteiger partial charge in [0.15, 0.2) is 6.73 Å². The molecular formula is C31H37F3N2O4. The van der Waals surface area contributed by atoms with E-state index in [0.29, 0.717) is 29.2 Å². The molecule has 2 fully saturated rings. The highest BCUT2D eigenvalue weighted by molar-refractivity contribution is 5.87. The van der Waals surface area contributed by atoms with Crippen LogP contribution in [0.5, 0.6) is 5.75 Å². The summed E-state index contributed by atoms with van der Waals surface area (Å²) in [5.41, 5.74) is 0.413. The minimum absolute atomic E-state index is 0.0359. The fourth-order valence-corrected chi connectivity index (χ4v) is 7.10. The molecule has 1 N–H and O–H groups in total. The lowest BCUT2D eigenvalue weighted by molar-refractivity contribution is -0.150. The van der Waals surface area contributed by atoms with Crippen LogP contribution in [0.25, 0.3) is 0 Å². The van der Waals surface area contributed by atoms with Crippen molar-refractivity contribution in [3.8, 4) is 5.75 Å². The number of likely N-dealkylation sites (tertiary alicyclic amines) is 1. The quantitative estimate of drug-likeness (QED) is 0.460. The van der Waals surface area contributed by atoms with Crippen LogP contribution in [0.4, 0.5) is 13.2 Å². The average Bonchev–Trinajstić information content (AvgIpc) is 3.38. The molecule has 1 saturated heterocycles. The molecule has 0 spiro atoms. The average molecular weight is 559 g/mol. The predicted molar refractivity (Wildman–Crippen MR) is 144 cm³/mol.